The van der Waals surface area contributed by atoms with Crippen LogP contribution in [0.4, 0.5) is 24.8 Å². The Labute approximate surface area is 228 Å². The molecule has 0 spiro atoms. The highest BCUT2D eigenvalue weighted by atomic mass is 19.4. The smallest absolute Gasteiger partial charge is 0.383 e. The largest absolute Gasteiger partial charge is 0.416 e. The van der Waals surface area contributed by atoms with Crippen molar-refractivity contribution < 1.29 is 18.0 Å². The van der Waals surface area contributed by atoms with Gasteiger partial charge in [0.2, 0.25) is 0 Å². The van der Waals surface area contributed by atoms with Crippen LogP contribution in [-0.4, -0.2) is 68.8 Å². The molecule has 1 fully saturated rings. The molecule has 0 bridgehead atoms. The summed E-state index contributed by atoms with van der Waals surface area (Å²) in [6.07, 6.45) is 3.03. The van der Waals surface area contributed by atoms with Crippen LogP contribution in [0.1, 0.15) is 28.4 Å². The summed E-state index contributed by atoms with van der Waals surface area (Å²) in [6, 6.07) is 8.29. The lowest BCUT2D eigenvalue weighted by molar-refractivity contribution is -0.137. The Balaban J connectivity index is 1.37. The number of alkyl halides is 3. The number of likely N-dealkylation sites (N-methyl/N-ethyl adjacent to an activating group) is 1. The molecular formula is C27H28F3N9O. The molecule has 0 saturated carbocycles. The van der Waals surface area contributed by atoms with Crippen LogP contribution in [-0.2, 0) is 6.18 Å². The van der Waals surface area contributed by atoms with Crippen molar-refractivity contribution in [3.63, 3.8) is 0 Å². The van der Waals surface area contributed by atoms with Gasteiger partial charge in [-0.25, -0.2) is 19.6 Å². The summed E-state index contributed by atoms with van der Waals surface area (Å²) in [7, 11) is 1.91. The highest BCUT2D eigenvalue weighted by molar-refractivity contribution is 6.04. The maximum atomic E-state index is 13.0. The molecule has 1 aromatic carbocycles. The number of carbonyl (C=O) groups is 1. The Morgan fingerprint density at radius 2 is 1.95 bits per heavy atom. The number of anilines is 2. The van der Waals surface area contributed by atoms with Gasteiger partial charge in [0.05, 0.1) is 17.0 Å². The number of pyridine rings is 1. The minimum absolute atomic E-state index is 0.105. The second-order valence-corrected chi connectivity index (χ2v) is 9.44. The topological polar surface area (TPSA) is 127 Å². The summed E-state index contributed by atoms with van der Waals surface area (Å²) in [5, 5.41) is 11.0. The number of nitrogens with two attached hydrogens (primary N) is 1. The number of nitrogen functional groups attached to an aromatic ring is 1. The zero-order chi connectivity index (χ0) is 28.3. The zero-order valence-corrected chi connectivity index (χ0v) is 21.7. The van der Waals surface area contributed by atoms with Gasteiger partial charge in [-0.15, -0.1) is 0 Å². The number of likely N-dealkylation sites (tertiary alicyclic amines) is 1. The third-order valence-corrected chi connectivity index (χ3v) is 6.71. The van der Waals surface area contributed by atoms with Gasteiger partial charge in [-0.3, -0.25) is 9.69 Å². The molecule has 1 atom stereocenters. The van der Waals surface area contributed by atoms with E-state index in [1.54, 1.807) is 24.3 Å². The third-order valence-electron chi connectivity index (χ3n) is 6.71. The molecule has 0 radical (unpaired) electrons. The predicted molar refractivity (Wildman–Crippen MR) is 146 cm³/mol. The Kier molecular flexibility index (Phi) is 7.76. The molecule has 4 aromatic rings. The lowest BCUT2D eigenvalue weighted by Crippen LogP contribution is -2.22. The van der Waals surface area contributed by atoms with Crippen molar-refractivity contribution in [1.82, 2.24) is 34.9 Å². The molecule has 40 heavy (non-hydrogen) atoms. The van der Waals surface area contributed by atoms with E-state index in [9.17, 15) is 18.0 Å². The normalized spacial score (nSPS) is 16.2. The predicted octanol–water partition coefficient (Wildman–Crippen LogP) is 3.76. The molecule has 1 amide bonds. The molecule has 1 saturated heterocycles. The molecule has 4 heterocycles. The molecule has 1 aliphatic rings. The first-order valence-electron chi connectivity index (χ1n) is 12.7. The van der Waals surface area contributed by atoms with E-state index in [0.717, 1.165) is 50.9 Å². The molecule has 0 aliphatic carbocycles. The number of hydrogen-bond donors (Lipinski definition) is 3. The fraction of sp³-hybridized carbons (Fsp3) is 0.296. The maximum Gasteiger partial charge on any atom is 0.416 e. The zero-order valence-electron chi connectivity index (χ0n) is 21.7. The molecule has 10 nitrogen and oxygen atoms in total. The van der Waals surface area contributed by atoms with E-state index in [4.69, 9.17) is 10.8 Å². The highest BCUT2D eigenvalue weighted by Gasteiger charge is 2.31. The van der Waals surface area contributed by atoms with Gasteiger partial charge in [-0.2, -0.15) is 18.3 Å². The van der Waals surface area contributed by atoms with E-state index >= 15 is 0 Å². The third kappa shape index (κ3) is 5.80. The lowest BCUT2D eigenvalue weighted by atomic mass is 10.1. The minimum Gasteiger partial charge on any atom is -0.383 e. The number of hydrogen-bond acceptors (Lipinski definition) is 8. The van der Waals surface area contributed by atoms with Crippen molar-refractivity contribution in [2.24, 2.45) is 0 Å². The number of nitrogens with zero attached hydrogens (tertiary/aromatic N) is 6. The average Bonchev–Trinajstić information content (AvgIpc) is 3.56. The molecule has 3 aromatic heterocycles. The first kappa shape index (κ1) is 27.2. The summed E-state index contributed by atoms with van der Waals surface area (Å²) in [5.74, 6) is -0.485. The molecule has 0 unspecified atom stereocenters. The molecule has 208 valence electrons. The van der Waals surface area contributed by atoms with E-state index in [1.165, 1.54) is 6.33 Å². The van der Waals surface area contributed by atoms with Gasteiger partial charge in [-0.1, -0.05) is 24.3 Å². The summed E-state index contributed by atoms with van der Waals surface area (Å²) in [5.41, 5.74) is 7.53. The first-order valence-corrected chi connectivity index (χ1v) is 12.7. The number of halogens is 3. The van der Waals surface area contributed by atoms with Gasteiger partial charge in [0, 0.05) is 43.5 Å². The first-order chi connectivity index (χ1) is 19.2. The van der Waals surface area contributed by atoms with Crippen molar-refractivity contribution in [3.05, 3.63) is 72.2 Å². The summed E-state index contributed by atoms with van der Waals surface area (Å²) < 4.78 is 40.9. The molecule has 1 aliphatic heterocycles. The summed E-state index contributed by atoms with van der Waals surface area (Å²) >= 11 is 0. The highest BCUT2D eigenvalue weighted by Crippen LogP contribution is 2.34. The maximum absolute atomic E-state index is 13.0. The standard InChI is InChI=1S/C27H28F3N9O/c1-32-10-2-3-12-38-13-9-20(15-38)39-25-22(24(31)34-16-35-25)23(37-39)17-4-6-18(7-5-17)26(40)36-21-14-19(8-11-33-21)27(28,29)30/h2-8,11,14,16,20,32H,9-10,12-13,15H2,1H3,(H2,31,34,35)(H,33,36,40)/b3-2+/t20-/m1/s1. The number of fused-ring (bicyclic) bond motifs is 1. The van der Waals surface area contributed by atoms with Crippen LogP contribution in [0.3, 0.4) is 0 Å². The Morgan fingerprint density at radius 1 is 1.15 bits per heavy atom. The second-order valence-electron chi connectivity index (χ2n) is 9.44. The number of amides is 1. The van der Waals surface area contributed by atoms with Gasteiger partial charge in [0.15, 0.2) is 5.65 Å². The van der Waals surface area contributed by atoms with Crippen molar-refractivity contribution in [2.45, 2.75) is 18.6 Å². The number of benzene rings is 1. The molecule has 13 heteroatoms. The SMILES string of the molecule is CNC/C=C/CN1CC[C@@H](n2nc(-c3ccc(C(=O)Nc4cc(C(F)(F)F)ccn4)cc3)c3c(N)ncnc32)C1. The summed E-state index contributed by atoms with van der Waals surface area (Å²) in [6.45, 7) is 3.41. The Hall–Kier alpha value is -4.36. The molecule has 4 N–H and O–H groups in total. The van der Waals surface area contributed by atoms with Gasteiger partial charge >= 0.3 is 6.18 Å². The number of nitrogens with one attached hydrogen (secondary N) is 2. The van der Waals surface area contributed by atoms with E-state index in [0.29, 0.717) is 28.1 Å². The fourth-order valence-electron chi connectivity index (χ4n) is 4.70. The van der Waals surface area contributed by atoms with E-state index in [2.05, 4.69) is 42.6 Å². The van der Waals surface area contributed by atoms with Crippen LogP contribution >= 0.6 is 0 Å². The monoisotopic (exact) mass is 551 g/mol. The summed E-state index contributed by atoms with van der Waals surface area (Å²) in [4.78, 5) is 27.5. The van der Waals surface area contributed by atoms with Gasteiger partial charge in [0.1, 0.15) is 23.7 Å². The van der Waals surface area contributed by atoms with Gasteiger partial charge in [0.25, 0.3) is 5.91 Å². The Bertz CT molecular complexity index is 1530. The van der Waals surface area contributed by atoms with E-state index in [1.807, 2.05) is 11.7 Å². The fourth-order valence-corrected chi connectivity index (χ4v) is 4.70. The van der Waals surface area contributed by atoms with Crippen LogP contribution < -0.4 is 16.4 Å². The second kappa shape index (κ2) is 11.4. The number of rotatable bonds is 8. The minimum atomic E-state index is -4.54. The number of aromatic nitrogens is 5. The van der Waals surface area contributed by atoms with Gasteiger partial charge < -0.3 is 16.4 Å². The number of carbonyl (C=O) groups excluding carboxylic acids is 1. The van der Waals surface area contributed by atoms with Crippen molar-refractivity contribution in [2.75, 3.05) is 44.3 Å². The molecular weight excluding hydrogens is 523 g/mol. The quantitative estimate of drug-likeness (QED) is 0.283. The van der Waals surface area contributed by atoms with Crippen LogP contribution in [0.5, 0.6) is 0 Å². The van der Waals surface area contributed by atoms with E-state index in [-0.39, 0.29) is 17.4 Å². The van der Waals surface area contributed by atoms with Crippen molar-refractivity contribution in [1.29, 1.82) is 0 Å². The van der Waals surface area contributed by atoms with Crippen LogP contribution in [0, 0.1) is 0 Å². The lowest BCUT2D eigenvalue weighted by Gasteiger charge is -2.14. The van der Waals surface area contributed by atoms with Crippen molar-refractivity contribution in [3.8, 4) is 11.3 Å². The van der Waals surface area contributed by atoms with E-state index < -0.39 is 17.6 Å². The average molecular weight is 552 g/mol. The Morgan fingerprint density at radius 3 is 2.70 bits per heavy atom. The van der Waals surface area contributed by atoms with Crippen LogP contribution in [0.2, 0.25) is 0 Å². The van der Waals surface area contributed by atoms with Crippen molar-refractivity contribution >= 4 is 28.6 Å². The molecule has 5 rings (SSSR count). The van der Waals surface area contributed by atoms with Crippen LogP contribution in [0.15, 0.2) is 61.1 Å². The van der Waals surface area contributed by atoms with Crippen LogP contribution in [0.25, 0.3) is 22.3 Å². The van der Waals surface area contributed by atoms with Gasteiger partial charge in [-0.05, 0) is 37.7 Å².